The summed E-state index contributed by atoms with van der Waals surface area (Å²) in [5.74, 6) is 0.0778. The summed E-state index contributed by atoms with van der Waals surface area (Å²) in [7, 11) is -1.48. The number of thiazole rings is 1. The second kappa shape index (κ2) is 8.41. The molecule has 0 saturated carbocycles. The van der Waals surface area contributed by atoms with Crippen LogP contribution in [0.1, 0.15) is 38.2 Å². The summed E-state index contributed by atoms with van der Waals surface area (Å²) in [6.07, 6.45) is 0.364. The highest BCUT2D eigenvalue weighted by molar-refractivity contribution is 7.91. The third kappa shape index (κ3) is 4.59. The van der Waals surface area contributed by atoms with E-state index in [2.05, 4.69) is 37.0 Å². The van der Waals surface area contributed by atoms with E-state index >= 15 is 0 Å². The Morgan fingerprint density at radius 3 is 2.54 bits per heavy atom. The smallest absolute Gasteiger partial charge is 0.248 e. The van der Waals surface area contributed by atoms with Gasteiger partial charge in [-0.3, -0.25) is 4.79 Å². The topological polar surface area (TPSA) is 68.5 Å². The van der Waals surface area contributed by atoms with Crippen LogP contribution < -0.4 is 4.80 Å². The molecule has 7 heteroatoms. The van der Waals surface area contributed by atoms with Gasteiger partial charge in [0.15, 0.2) is 14.6 Å². The Labute approximate surface area is 169 Å². The number of nitrogens with zero attached hydrogens (tertiary/aromatic N) is 2. The second-order valence-electron chi connectivity index (χ2n) is 7.07. The number of carbonyl (C=O) groups excluding carboxylic acids is 1. The maximum atomic E-state index is 12.3. The summed E-state index contributed by atoms with van der Waals surface area (Å²) < 4.78 is 27.6. The number of sulfone groups is 1. The van der Waals surface area contributed by atoms with Gasteiger partial charge in [0.1, 0.15) is 0 Å². The molecule has 5 nitrogen and oxygen atoms in total. The highest BCUT2D eigenvalue weighted by Crippen LogP contribution is 2.23. The lowest BCUT2D eigenvalue weighted by atomic mass is 10.0. The van der Waals surface area contributed by atoms with E-state index in [1.165, 1.54) is 16.9 Å². The fraction of sp³-hybridized carbons (Fsp3) is 0.333. The lowest BCUT2D eigenvalue weighted by Gasteiger charge is -2.04. The number of benzene rings is 2. The quantitative estimate of drug-likeness (QED) is 0.609. The van der Waals surface area contributed by atoms with Gasteiger partial charge in [-0.05, 0) is 42.2 Å². The Balaban J connectivity index is 1.72. The van der Waals surface area contributed by atoms with Crippen LogP contribution >= 0.6 is 11.3 Å². The molecule has 1 heterocycles. The normalized spacial score (nSPS) is 12.8. The summed E-state index contributed by atoms with van der Waals surface area (Å²) in [6.45, 7) is 4.29. The molecule has 0 N–H and O–H groups in total. The largest absolute Gasteiger partial charge is 0.319 e. The molecular formula is C21H24N2O3S2. The van der Waals surface area contributed by atoms with E-state index in [4.69, 9.17) is 0 Å². The molecule has 148 valence electrons. The zero-order valence-corrected chi connectivity index (χ0v) is 17.9. The van der Waals surface area contributed by atoms with Crippen molar-refractivity contribution in [2.45, 2.75) is 37.5 Å². The molecule has 3 aromatic rings. The molecule has 0 fully saturated rings. The van der Waals surface area contributed by atoms with E-state index in [0.29, 0.717) is 10.7 Å². The van der Waals surface area contributed by atoms with Gasteiger partial charge < -0.3 is 4.57 Å². The van der Waals surface area contributed by atoms with Crippen molar-refractivity contribution in [3.8, 4) is 0 Å². The number of carbonyl (C=O) groups is 1. The summed E-state index contributed by atoms with van der Waals surface area (Å²) >= 11 is 1.48. The lowest BCUT2D eigenvalue weighted by molar-refractivity contribution is -0.118. The van der Waals surface area contributed by atoms with Crippen molar-refractivity contribution in [2.24, 2.45) is 12.0 Å². The predicted molar refractivity (Wildman–Crippen MR) is 113 cm³/mol. The first-order valence-corrected chi connectivity index (χ1v) is 11.7. The van der Waals surface area contributed by atoms with Crippen LogP contribution in [0.15, 0.2) is 58.4 Å². The van der Waals surface area contributed by atoms with Crippen LogP contribution in [0.5, 0.6) is 0 Å². The number of rotatable bonds is 6. The molecular weight excluding hydrogens is 392 g/mol. The van der Waals surface area contributed by atoms with Gasteiger partial charge in [-0.15, -0.1) is 0 Å². The minimum atomic E-state index is -3.37. The minimum absolute atomic E-state index is 0.0609. The van der Waals surface area contributed by atoms with Crippen molar-refractivity contribution in [1.29, 1.82) is 0 Å². The number of aromatic nitrogens is 1. The minimum Gasteiger partial charge on any atom is -0.319 e. The van der Waals surface area contributed by atoms with Crippen molar-refractivity contribution < 1.29 is 13.2 Å². The van der Waals surface area contributed by atoms with Crippen LogP contribution in [-0.2, 0) is 21.7 Å². The Hall–Kier alpha value is -2.25. The van der Waals surface area contributed by atoms with Crippen LogP contribution in [0.2, 0.25) is 0 Å². The molecule has 0 aliphatic rings. The first-order valence-electron chi connectivity index (χ1n) is 9.23. The van der Waals surface area contributed by atoms with Crippen molar-refractivity contribution in [3.63, 3.8) is 0 Å². The highest BCUT2D eigenvalue weighted by Gasteiger charge is 2.14. The number of hydrogen-bond acceptors (Lipinski definition) is 4. The zero-order chi connectivity index (χ0) is 20.3. The van der Waals surface area contributed by atoms with Crippen LogP contribution in [0.3, 0.4) is 0 Å². The standard InChI is InChI=1S/C21H24N2O3S2/c1-15(2)16-11-12-18-19(14-16)27-21(23(18)3)22-20(24)10-7-13-28(25,26)17-8-5-4-6-9-17/h4-6,8-9,11-12,14-15H,7,10,13H2,1-3H3. The Morgan fingerprint density at radius 1 is 1.14 bits per heavy atom. The predicted octanol–water partition coefficient (Wildman–Crippen LogP) is 4.04. The molecule has 0 aliphatic heterocycles. The molecule has 0 saturated heterocycles. The fourth-order valence-corrected chi connectivity index (χ4v) is 5.35. The Bertz CT molecular complexity index is 1160. The van der Waals surface area contributed by atoms with E-state index in [1.807, 2.05) is 11.6 Å². The van der Waals surface area contributed by atoms with Gasteiger partial charge in [0.05, 0.1) is 20.9 Å². The van der Waals surface area contributed by atoms with Gasteiger partial charge in [0, 0.05) is 13.5 Å². The van der Waals surface area contributed by atoms with Crippen molar-refractivity contribution in [3.05, 3.63) is 58.9 Å². The van der Waals surface area contributed by atoms with Crippen LogP contribution in [0, 0.1) is 0 Å². The van der Waals surface area contributed by atoms with Crippen LogP contribution in [-0.4, -0.2) is 24.6 Å². The lowest BCUT2D eigenvalue weighted by Crippen LogP contribution is -2.14. The number of hydrogen-bond donors (Lipinski definition) is 0. The zero-order valence-electron chi connectivity index (χ0n) is 16.3. The average molecular weight is 417 g/mol. The summed E-state index contributed by atoms with van der Waals surface area (Å²) in [4.78, 5) is 17.4. The van der Waals surface area contributed by atoms with E-state index in [9.17, 15) is 13.2 Å². The maximum absolute atomic E-state index is 12.3. The second-order valence-corrected chi connectivity index (χ2v) is 10.2. The van der Waals surface area contributed by atoms with Gasteiger partial charge in [-0.25, -0.2) is 8.42 Å². The van der Waals surface area contributed by atoms with Crippen LogP contribution in [0.4, 0.5) is 0 Å². The molecule has 3 rings (SSSR count). The fourth-order valence-electron chi connectivity index (χ4n) is 2.94. The first-order chi connectivity index (χ1) is 13.3. The van der Waals surface area contributed by atoms with Gasteiger partial charge >= 0.3 is 0 Å². The van der Waals surface area contributed by atoms with E-state index < -0.39 is 9.84 Å². The van der Waals surface area contributed by atoms with E-state index in [1.54, 1.807) is 30.3 Å². The number of fused-ring (bicyclic) bond motifs is 1. The van der Waals surface area contributed by atoms with Gasteiger partial charge in [-0.2, -0.15) is 4.99 Å². The van der Waals surface area contributed by atoms with Crippen molar-refractivity contribution in [2.75, 3.05) is 5.75 Å². The van der Waals surface area contributed by atoms with Crippen molar-refractivity contribution >= 4 is 37.3 Å². The molecule has 0 radical (unpaired) electrons. The van der Waals surface area contributed by atoms with Gasteiger partial charge in [0.2, 0.25) is 5.91 Å². The molecule has 1 aromatic heterocycles. The molecule has 0 spiro atoms. The van der Waals surface area contributed by atoms with Gasteiger partial charge in [0.25, 0.3) is 0 Å². The van der Waals surface area contributed by atoms with E-state index in [0.717, 1.165) is 10.2 Å². The Kier molecular flexibility index (Phi) is 6.15. The third-order valence-electron chi connectivity index (χ3n) is 4.63. The summed E-state index contributed by atoms with van der Waals surface area (Å²) in [5.41, 5.74) is 2.28. The Morgan fingerprint density at radius 2 is 1.86 bits per heavy atom. The molecule has 0 bridgehead atoms. The maximum Gasteiger partial charge on any atom is 0.248 e. The molecule has 0 unspecified atom stereocenters. The number of amides is 1. The number of aryl methyl sites for hydroxylation is 1. The van der Waals surface area contributed by atoms with Crippen LogP contribution in [0.25, 0.3) is 10.2 Å². The highest BCUT2D eigenvalue weighted by atomic mass is 32.2. The molecule has 0 aliphatic carbocycles. The summed E-state index contributed by atoms with van der Waals surface area (Å²) in [5, 5.41) is 0. The van der Waals surface area contributed by atoms with E-state index in [-0.39, 0.29) is 29.4 Å². The monoisotopic (exact) mass is 416 g/mol. The molecule has 1 amide bonds. The van der Waals surface area contributed by atoms with Crippen molar-refractivity contribution in [1.82, 2.24) is 4.57 Å². The van der Waals surface area contributed by atoms with Gasteiger partial charge in [-0.1, -0.05) is 49.4 Å². The summed E-state index contributed by atoms with van der Waals surface area (Å²) in [6, 6.07) is 14.6. The SMILES string of the molecule is CC(C)c1ccc2c(c1)sc(=NC(=O)CCCS(=O)(=O)c1ccccc1)n2C. The third-order valence-corrected chi connectivity index (χ3v) is 7.54. The molecule has 2 aromatic carbocycles. The molecule has 0 atom stereocenters. The average Bonchev–Trinajstić information content (AvgIpc) is 2.97. The first kappa shape index (κ1) is 20.5. The molecule has 28 heavy (non-hydrogen) atoms.